The highest BCUT2D eigenvalue weighted by Gasteiger charge is 2.10. The van der Waals surface area contributed by atoms with Crippen LogP contribution in [0.5, 0.6) is 5.75 Å². The van der Waals surface area contributed by atoms with Crippen LogP contribution in [0, 0.1) is 0 Å². The lowest BCUT2D eigenvalue weighted by Gasteiger charge is -2.10. The highest BCUT2D eigenvalue weighted by atomic mass is 35.5. The molecule has 0 aromatic heterocycles. The Labute approximate surface area is 126 Å². The summed E-state index contributed by atoms with van der Waals surface area (Å²) in [7, 11) is -3.01. The van der Waals surface area contributed by atoms with Crippen molar-refractivity contribution >= 4 is 21.4 Å². The minimum atomic E-state index is -3.01. The van der Waals surface area contributed by atoms with Crippen molar-refractivity contribution in [1.29, 1.82) is 0 Å². The van der Waals surface area contributed by atoms with Gasteiger partial charge in [0.25, 0.3) is 0 Å². The number of halogens is 1. The monoisotopic (exact) mass is 319 g/mol. The molecule has 0 aliphatic carbocycles. The van der Waals surface area contributed by atoms with Crippen LogP contribution in [0.4, 0.5) is 0 Å². The Bertz CT molecular complexity index is 517. The molecule has 1 N–H and O–H groups in total. The molecule has 0 saturated carbocycles. The molecule has 20 heavy (non-hydrogen) atoms. The van der Waals surface area contributed by atoms with Crippen LogP contribution in [0.1, 0.15) is 25.8 Å². The zero-order valence-corrected chi connectivity index (χ0v) is 13.6. The molecule has 0 fully saturated rings. The minimum Gasteiger partial charge on any atom is -0.491 e. The minimum absolute atomic E-state index is 0.0241. The van der Waals surface area contributed by atoms with E-state index in [4.69, 9.17) is 16.3 Å². The Balaban J connectivity index is 2.52. The Morgan fingerprint density at radius 3 is 2.60 bits per heavy atom. The molecule has 0 bridgehead atoms. The maximum atomic E-state index is 11.6. The Morgan fingerprint density at radius 1 is 1.25 bits per heavy atom. The summed E-state index contributed by atoms with van der Waals surface area (Å²) in [6.45, 7) is 5.66. The lowest BCUT2D eigenvalue weighted by atomic mass is 10.2. The first kappa shape index (κ1) is 17.3. The molecule has 0 atom stereocenters. The molecule has 6 heteroatoms. The van der Waals surface area contributed by atoms with Gasteiger partial charge in [-0.2, -0.15) is 0 Å². The standard InChI is InChI=1S/C14H22ClNO3S/c1-3-8-20(17,18)9-7-19-14-6-5-12(10-13(14)15)11-16-4-2/h5-6,10,16H,3-4,7-9,11H2,1-2H3. The van der Waals surface area contributed by atoms with Crippen LogP contribution in [0.2, 0.25) is 5.02 Å². The third-order valence-corrected chi connectivity index (χ3v) is 4.86. The molecule has 0 saturated heterocycles. The van der Waals surface area contributed by atoms with Crippen LogP contribution in [0.15, 0.2) is 18.2 Å². The van der Waals surface area contributed by atoms with Gasteiger partial charge in [-0.1, -0.05) is 31.5 Å². The van der Waals surface area contributed by atoms with Gasteiger partial charge in [0.2, 0.25) is 0 Å². The largest absolute Gasteiger partial charge is 0.491 e. The molecule has 0 radical (unpaired) electrons. The number of hydrogen-bond acceptors (Lipinski definition) is 4. The second-order valence-corrected chi connectivity index (χ2v) is 7.26. The van der Waals surface area contributed by atoms with Crippen LogP contribution in [0.3, 0.4) is 0 Å². The van der Waals surface area contributed by atoms with Gasteiger partial charge in [-0.25, -0.2) is 8.42 Å². The van der Waals surface area contributed by atoms with Crippen molar-refractivity contribution in [2.75, 3.05) is 24.7 Å². The van der Waals surface area contributed by atoms with Crippen molar-refractivity contribution in [3.8, 4) is 5.75 Å². The topological polar surface area (TPSA) is 55.4 Å². The van der Waals surface area contributed by atoms with Crippen molar-refractivity contribution in [1.82, 2.24) is 5.32 Å². The molecule has 0 aliphatic heterocycles. The smallest absolute Gasteiger partial charge is 0.153 e. The van der Waals surface area contributed by atoms with Crippen molar-refractivity contribution in [3.05, 3.63) is 28.8 Å². The van der Waals surface area contributed by atoms with E-state index in [-0.39, 0.29) is 18.1 Å². The average molecular weight is 320 g/mol. The average Bonchev–Trinajstić information content (AvgIpc) is 2.38. The van der Waals surface area contributed by atoms with E-state index in [1.807, 2.05) is 26.0 Å². The second-order valence-electron chi connectivity index (χ2n) is 4.55. The van der Waals surface area contributed by atoms with E-state index in [2.05, 4.69) is 5.32 Å². The summed E-state index contributed by atoms with van der Waals surface area (Å²) in [5, 5.41) is 3.72. The van der Waals surface area contributed by atoms with Gasteiger partial charge in [-0.15, -0.1) is 0 Å². The first-order valence-corrected chi connectivity index (χ1v) is 9.00. The number of nitrogens with one attached hydrogen (secondary N) is 1. The summed E-state index contributed by atoms with van der Waals surface area (Å²) in [6, 6.07) is 5.53. The maximum absolute atomic E-state index is 11.6. The predicted octanol–water partition coefficient (Wildman–Crippen LogP) is 2.65. The zero-order chi connectivity index (χ0) is 15.0. The number of rotatable bonds is 9. The molecule has 114 valence electrons. The van der Waals surface area contributed by atoms with Crippen LogP contribution in [0.25, 0.3) is 0 Å². The van der Waals surface area contributed by atoms with Crippen LogP contribution in [-0.2, 0) is 16.4 Å². The lowest BCUT2D eigenvalue weighted by molar-refractivity contribution is 0.341. The molecule has 0 aliphatic rings. The number of sulfone groups is 1. The molecule has 1 rings (SSSR count). The first-order valence-electron chi connectivity index (χ1n) is 6.81. The number of hydrogen-bond donors (Lipinski definition) is 1. The molecule has 1 aromatic carbocycles. The van der Waals surface area contributed by atoms with Crippen molar-refractivity contribution in [3.63, 3.8) is 0 Å². The SMILES string of the molecule is CCCS(=O)(=O)CCOc1ccc(CNCC)cc1Cl. The molecule has 1 aromatic rings. The van der Waals surface area contributed by atoms with Crippen LogP contribution in [-0.4, -0.2) is 33.1 Å². The van der Waals surface area contributed by atoms with E-state index in [1.165, 1.54) is 0 Å². The summed E-state index contributed by atoms with van der Waals surface area (Å²) in [5.74, 6) is 0.751. The molecular formula is C14H22ClNO3S. The molecular weight excluding hydrogens is 298 g/mol. The normalized spacial score (nSPS) is 11.6. The summed E-state index contributed by atoms with van der Waals surface area (Å²) in [4.78, 5) is 0. The first-order chi connectivity index (χ1) is 9.48. The van der Waals surface area contributed by atoms with Gasteiger partial charge in [0.15, 0.2) is 9.84 Å². The molecule has 0 amide bonds. The predicted molar refractivity (Wildman–Crippen MR) is 83.3 cm³/mol. The van der Waals surface area contributed by atoms with Crippen molar-refractivity contribution in [2.45, 2.75) is 26.8 Å². The van der Waals surface area contributed by atoms with E-state index in [0.717, 1.165) is 18.7 Å². The quantitative estimate of drug-likeness (QED) is 0.760. The van der Waals surface area contributed by atoms with E-state index in [9.17, 15) is 8.42 Å². The van der Waals surface area contributed by atoms with Crippen LogP contribution >= 0.6 is 11.6 Å². The van der Waals surface area contributed by atoms with E-state index < -0.39 is 9.84 Å². The summed E-state index contributed by atoms with van der Waals surface area (Å²) in [5.41, 5.74) is 1.07. The van der Waals surface area contributed by atoms with E-state index >= 15 is 0 Å². The highest BCUT2D eigenvalue weighted by Crippen LogP contribution is 2.25. The maximum Gasteiger partial charge on any atom is 0.153 e. The van der Waals surface area contributed by atoms with Gasteiger partial charge in [-0.05, 0) is 30.7 Å². The van der Waals surface area contributed by atoms with Crippen LogP contribution < -0.4 is 10.1 Å². The third-order valence-electron chi connectivity index (χ3n) is 2.74. The number of ether oxygens (including phenoxy) is 1. The molecule has 0 heterocycles. The summed E-state index contributed by atoms with van der Waals surface area (Å²) < 4.78 is 28.6. The van der Waals surface area contributed by atoms with Gasteiger partial charge in [0, 0.05) is 6.54 Å². The fraction of sp³-hybridized carbons (Fsp3) is 0.571. The van der Waals surface area contributed by atoms with E-state index in [0.29, 0.717) is 17.2 Å². The van der Waals surface area contributed by atoms with Gasteiger partial charge >= 0.3 is 0 Å². The van der Waals surface area contributed by atoms with Crippen molar-refractivity contribution < 1.29 is 13.2 Å². The molecule has 0 unspecified atom stereocenters. The summed E-state index contributed by atoms with van der Waals surface area (Å²) >= 11 is 6.12. The fourth-order valence-electron chi connectivity index (χ4n) is 1.73. The molecule has 0 spiro atoms. The van der Waals surface area contributed by atoms with Gasteiger partial charge in [-0.3, -0.25) is 0 Å². The zero-order valence-electron chi connectivity index (χ0n) is 12.0. The summed E-state index contributed by atoms with van der Waals surface area (Å²) in [6.07, 6.45) is 0.627. The Hall–Kier alpha value is -0.780. The van der Waals surface area contributed by atoms with Gasteiger partial charge < -0.3 is 10.1 Å². The lowest BCUT2D eigenvalue weighted by Crippen LogP contribution is -2.17. The fourth-order valence-corrected chi connectivity index (χ4v) is 3.15. The van der Waals surface area contributed by atoms with Gasteiger partial charge in [0.1, 0.15) is 12.4 Å². The molecule has 4 nitrogen and oxygen atoms in total. The Kier molecular flexibility index (Phi) is 7.34. The number of benzene rings is 1. The van der Waals surface area contributed by atoms with Gasteiger partial charge in [0.05, 0.1) is 16.5 Å². The van der Waals surface area contributed by atoms with E-state index in [1.54, 1.807) is 6.07 Å². The third kappa shape index (κ3) is 6.11. The van der Waals surface area contributed by atoms with Crippen molar-refractivity contribution in [2.24, 2.45) is 0 Å². The second kappa shape index (κ2) is 8.49. The highest BCUT2D eigenvalue weighted by molar-refractivity contribution is 7.91. The Morgan fingerprint density at radius 2 is 2.00 bits per heavy atom.